The molecular weight excluding hydrogens is 502 g/mol. The number of anilines is 1. The van der Waals surface area contributed by atoms with Gasteiger partial charge in [-0.05, 0) is 33.2 Å². The number of hydrogen-bond acceptors (Lipinski definition) is 4. The molecule has 4 rings (SSSR count). The Morgan fingerprint density at radius 3 is 2.43 bits per heavy atom. The highest BCUT2D eigenvalue weighted by Gasteiger charge is 2.53. The van der Waals surface area contributed by atoms with Crippen LogP contribution in [0.5, 0.6) is 0 Å². The third kappa shape index (κ3) is 5.34. The number of halogens is 6. The molecule has 6 nitrogen and oxygen atoms in total. The van der Waals surface area contributed by atoms with E-state index in [9.17, 15) is 35.9 Å². The zero-order valence-corrected chi connectivity index (χ0v) is 20.3. The first-order valence-corrected chi connectivity index (χ1v) is 12.0. The number of benzene rings is 1. The van der Waals surface area contributed by atoms with Crippen molar-refractivity contribution in [1.29, 1.82) is 0 Å². The Morgan fingerprint density at radius 2 is 1.84 bits per heavy atom. The molecule has 1 saturated heterocycles. The second-order valence-corrected chi connectivity index (χ2v) is 9.78. The van der Waals surface area contributed by atoms with Crippen molar-refractivity contribution >= 4 is 11.6 Å². The van der Waals surface area contributed by atoms with Gasteiger partial charge in [0.2, 0.25) is 0 Å². The summed E-state index contributed by atoms with van der Waals surface area (Å²) >= 11 is 0. The van der Waals surface area contributed by atoms with Gasteiger partial charge in [0.05, 0.1) is 28.9 Å². The molecule has 1 aliphatic carbocycles. The number of rotatable bonds is 8. The molecule has 0 radical (unpaired) electrons. The molecule has 1 saturated carbocycles. The summed E-state index contributed by atoms with van der Waals surface area (Å²) in [6, 6.07) is 2.59. The Morgan fingerprint density at radius 1 is 1.16 bits per heavy atom. The van der Waals surface area contributed by atoms with E-state index in [4.69, 9.17) is 0 Å². The highest BCUT2D eigenvalue weighted by atomic mass is 19.3. The van der Waals surface area contributed by atoms with Gasteiger partial charge in [0.1, 0.15) is 17.5 Å². The number of aromatic nitrogens is 1. The normalized spacial score (nSPS) is 22.2. The molecule has 3 atom stereocenters. The number of hydrogen-bond donors (Lipinski definition) is 2. The fourth-order valence-electron chi connectivity index (χ4n) is 4.72. The Hall–Kier alpha value is -3.02. The first-order chi connectivity index (χ1) is 17.4. The third-order valence-electron chi connectivity index (χ3n) is 7.14. The number of amides is 1. The van der Waals surface area contributed by atoms with Gasteiger partial charge in [0, 0.05) is 30.9 Å². The van der Waals surface area contributed by atoms with Gasteiger partial charge in [-0.3, -0.25) is 9.59 Å². The van der Waals surface area contributed by atoms with E-state index < -0.39 is 59.5 Å². The molecule has 0 spiro atoms. The Kier molecular flexibility index (Phi) is 7.59. The molecular formula is C25H28F6N4O2. The van der Waals surface area contributed by atoms with Crippen LogP contribution in [0.2, 0.25) is 0 Å². The predicted molar refractivity (Wildman–Crippen MR) is 126 cm³/mol. The second-order valence-electron chi connectivity index (χ2n) is 9.78. The molecule has 1 unspecified atom stereocenters. The standard InChI is InChI=1S/C25H28F6N4O2/c1-13(14-4-3-5-15(21(14)27)22(28)29)32-23(37)16-11-35(25(7-8-25)24(30)31)20(36)10-19(16)33-18-6-9-34(2)12-17(18)26/h3-5,10-11,13,17-18,22,24,33H,6-9,12H2,1-2H3,(H,32,37)/t13?,17-,18+/m1/s1. The fraction of sp³-hybridized carbons (Fsp3) is 0.520. The summed E-state index contributed by atoms with van der Waals surface area (Å²) in [5.41, 5.74) is -3.78. The maximum absolute atomic E-state index is 14.7. The van der Waals surface area contributed by atoms with Crippen LogP contribution in [0.3, 0.4) is 0 Å². The summed E-state index contributed by atoms with van der Waals surface area (Å²) < 4.78 is 84.0. The molecule has 0 bridgehead atoms. The number of piperidine rings is 1. The second kappa shape index (κ2) is 10.4. The molecule has 1 aromatic heterocycles. The van der Waals surface area contributed by atoms with Crippen molar-refractivity contribution in [2.24, 2.45) is 0 Å². The van der Waals surface area contributed by atoms with Crippen LogP contribution in [0, 0.1) is 5.82 Å². The Bertz CT molecular complexity index is 1220. The summed E-state index contributed by atoms with van der Waals surface area (Å²) in [4.78, 5) is 27.9. The van der Waals surface area contributed by atoms with Crippen LogP contribution in [0.1, 0.15) is 60.1 Å². The molecule has 2 aromatic rings. The number of nitrogens with one attached hydrogen (secondary N) is 2. The minimum Gasteiger partial charge on any atom is -0.378 e. The van der Waals surface area contributed by atoms with Crippen LogP contribution in [-0.4, -0.2) is 54.2 Å². The maximum Gasteiger partial charge on any atom is 0.266 e. The van der Waals surface area contributed by atoms with Gasteiger partial charge >= 0.3 is 0 Å². The number of carbonyl (C=O) groups is 1. The molecule has 2 aliphatic rings. The van der Waals surface area contributed by atoms with E-state index in [0.29, 0.717) is 13.0 Å². The first-order valence-electron chi connectivity index (χ1n) is 12.0. The van der Waals surface area contributed by atoms with Crippen LogP contribution in [0.15, 0.2) is 35.3 Å². The summed E-state index contributed by atoms with van der Waals surface area (Å²) in [5, 5.41) is 5.38. The van der Waals surface area contributed by atoms with Gasteiger partial charge < -0.3 is 20.1 Å². The highest BCUT2D eigenvalue weighted by Crippen LogP contribution is 2.48. The lowest BCUT2D eigenvalue weighted by Crippen LogP contribution is -2.47. The topological polar surface area (TPSA) is 66.4 Å². The summed E-state index contributed by atoms with van der Waals surface area (Å²) in [6.45, 7) is 2.06. The maximum atomic E-state index is 14.7. The monoisotopic (exact) mass is 530 g/mol. The SMILES string of the molecule is CC(NC(=O)c1cn(C2(C(F)F)CC2)c(=O)cc1N[C@H]1CCN(C)C[C@H]1F)c1cccc(C(F)F)c1F. The van der Waals surface area contributed by atoms with Crippen LogP contribution >= 0.6 is 0 Å². The van der Waals surface area contributed by atoms with E-state index in [2.05, 4.69) is 10.6 Å². The van der Waals surface area contributed by atoms with E-state index in [1.54, 1.807) is 11.9 Å². The lowest BCUT2D eigenvalue weighted by Gasteiger charge is -2.33. The average Bonchev–Trinajstić information content (AvgIpc) is 3.63. The zero-order chi connectivity index (χ0) is 27.1. The van der Waals surface area contributed by atoms with E-state index in [1.807, 2.05) is 0 Å². The van der Waals surface area contributed by atoms with E-state index in [0.717, 1.165) is 22.9 Å². The van der Waals surface area contributed by atoms with Gasteiger partial charge in [-0.1, -0.05) is 18.2 Å². The third-order valence-corrected chi connectivity index (χ3v) is 7.14. The average molecular weight is 531 g/mol. The lowest BCUT2D eigenvalue weighted by atomic mass is 10.0. The molecule has 1 amide bonds. The van der Waals surface area contributed by atoms with Gasteiger partial charge in [0.25, 0.3) is 24.3 Å². The minimum absolute atomic E-state index is 0.0436. The largest absolute Gasteiger partial charge is 0.378 e. The Labute approximate surface area is 209 Å². The summed E-state index contributed by atoms with van der Waals surface area (Å²) in [5.74, 6) is -2.03. The number of likely N-dealkylation sites (tertiary alicyclic amines) is 1. The first kappa shape index (κ1) is 27.0. The fourth-order valence-corrected chi connectivity index (χ4v) is 4.72. The van der Waals surface area contributed by atoms with Crippen molar-refractivity contribution in [2.75, 3.05) is 25.5 Å². The molecule has 2 heterocycles. The van der Waals surface area contributed by atoms with Crippen molar-refractivity contribution < 1.29 is 31.1 Å². The minimum atomic E-state index is -3.06. The van der Waals surface area contributed by atoms with Crippen molar-refractivity contribution in [2.45, 2.75) is 62.8 Å². The van der Waals surface area contributed by atoms with Crippen LogP contribution < -0.4 is 16.2 Å². The van der Waals surface area contributed by atoms with E-state index >= 15 is 0 Å². The number of alkyl halides is 5. The molecule has 37 heavy (non-hydrogen) atoms. The summed E-state index contributed by atoms with van der Waals surface area (Å²) in [6.07, 6.45) is -5.77. The Balaban J connectivity index is 1.68. The van der Waals surface area contributed by atoms with Gasteiger partial charge in [-0.15, -0.1) is 0 Å². The smallest absolute Gasteiger partial charge is 0.266 e. The van der Waals surface area contributed by atoms with E-state index in [-0.39, 0.29) is 36.2 Å². The molecule has 12 heteroatoms. The summed E-state index contributed by atoms with van der Waals surface area (Å²) in [7, 11) is 1.76. The van der Waals surface area contributed by atoms with Crippen molar-refractivity contribution in [3.8, 4) is 0 Å². The molecule has 2 N–H and O–H groups in total. The zero-order valence-electron chi connectivity index (χ0n) is 20.3. The van der Waals surface area contributed by atoms with Gasteiger partial charge in [-0.2, -0.15) is 0 Å². The van der Waals surface area contributed by atoms with Crippen LogP contribution in [0.4, 0.5) is 32.0 Å². The van der Waals surface area contributed by atoms with Gasteiger partial charge in [-0.25, -0.2) is 26.3 Å². The predicted octanol–water partition coefficient (Wildman–Crippen LogP) is 4.62. The van der Waals surface area contributed by atoms with Gasteiger partial charge in [0.15, 0.2) is 0 Å². The lowest BCUT2D eigenvalue weighted by molar-refractivity contribution is 0.0648. The van der Waals surface area contributed by atoms with Crippen molar-refractivity contribution in [1.82, 2.24) is 14.8 Å². The molecule has 1 aromatic carbocycles. The molecule has 202 valence electrons. The number of pyridine rings is 1. The van der Waals surface area contributed by atoms with Crippen LogP contribution in [-0.2, 0) is 5.54 Å². The van der Waals surface area contributed by atoms with Crippen molar-refractivity contribution in [3.63, 3.8) is 0 Å². The van der Waals surface area contributed by atoms with Crippen LogP contribution in [0.25, 0.3) is 0 Å². The number of nitrogens with zero attached hydrogens (tertiary/aromatic N) is 2. The quantitative estimate of drug-likeness (QED) is 0.489. The number of carbonyl (C=O) groups excluding carboxylic acids is 1. The molecule has 2 fully saturated rings. The molecule has 1 aliphatic heterocycles. The highest BCUT2D eigenvalue weighted by molar-refractivity contribution is 5.99. The van der Waals surface area contributed by atoms with E-state index in [1.165, 1.54) is 19.1 Å². The van der Waals surface area contributed by atoms with Crippen molar-refractivity contribution in [3.05, 3.63) is 63.3 Å².